The highest BCUT2D eigenvalue weighted by molar-refractivity contribution is 6.18. The van der Waals surface area contributed by atoms with Crippen LogP contribution >= 0.6 is 11.6 Å². The predicted molar refractivity (Wildman–Crippen MR) is 36.7 cm³/mol. The zero-order valence-electron chi connectivity index (χ0n) is 5.84. The van der Waals surface area contributed by atoms with Crippen LogP contribution in [0.15, 0.2) is 0 Å². The Morgan fingerprint density at radius 3 is 2.18 bits per heavy atom. The Morgan fingerprint density at radius 1 is 1.36 bits per heavy atom. The van der Waals surface area contributed by atoms with Crippen LogP contribution in [-0.4, -0.2) is 24.1 Å². The average molecular weight is 188 g/mol. The summed E-state index contributed by atoms with van der Waals surface area (Å²) in [6, 6.07) is 0. The third-order valence-corrected chi connectivity index (χ3v) is 2.28. The van der Waals surface area contributed by atoms with E-state index in [1.54, 1.807) is 0 Å². The second-order valence-electron chi connectivity index (χ2n) is 2.88. The first-order valence-corrected chi connectivity index (χ1v) is 3.89. The van der Waals surface area contributed by atoms with Gasteiger partial charge in [0.2, 0.25) is 0 Å². The van der Waals surface area contributed by atoms with Crippen molar-refractivity contribution in [3.8, 4) is 0 Å². The van der Waals surface area contributed by atoms with Crippen LogP contribution in [0.4, 0.5) is 13.2 Å². The van der Waals surface area contributed by atoms with E-state index in [0.717, 1.165) is 12.8 Å². The first-order valence-electron chi connectivity index (χ1n) is 3.35. The van der Waals surface area contributed by atoms with Crippen molar-refractivity contribution in [3.63, 3.8) is 0 Å². The zero-order chi connectivity index (χ0) is 8.54. The van der Waals surface area contributed by atoms with Crippen LogP contribution in [0.1, 0.15) is 12.8 Å². The van der Waals surface area contributed by atoms with Gasteiger partial charge < -0.3 is 5.32 Å². The summed E-state index contributed by atoms with van der Waals surface area (Å²) in [6.45, 7) is -0.931. The summed E-state index contributed by atoms with van der Waals surface area (Å²) >= 11 is 5.45. The Hall–Kier alpha value is 0.0400. The molecular weight excluding hydrogens is 179 g/mol. The zero-order valence-corrected chi connectivity index (χ0v) is 6.60. The van der Waals surface area contributed by atoms with Crippen molar-refractivity contribution in [1.82, 2.24) is 5.32 Å². The van der Waals surface area contributed by atoms with Crippen molar-refractivity contribution in [1.29, 1.82) is 0 Å². The lowest BCUT2D eigenvalue weighted by Gasteiger charge is -2.15. The summed E-state index contributed by atoms with van der Waals surface area (Å²) in [7, 11) is 0. The third kappa shape index (κ3) is 2.87. The maximum Gasteiger partial charge on any atom is 0.401 e. The molecule has 5 heteroatoms. The second kappa shape index (κ2) is 2.83. The maximum atomic E-state index is 11.6. The summed E-state index contributed by atoms with van der Waals surface area (Å²) in [5.41, 5.74) is -0.406. The molecule has 0 heterocycles. The van der Waals surface area contributed by atoms with Crippen LogP contribution in [0, 0.1) is 0 Å². The van der Waals surface area contributed by atoms with E-state index in [2.05, 4.69) is 5.32 Å². The highest BCUT2D eigenvalue weighted by Crippen LogP contribution is 2.36. The van der Waals surface area contributed by atoms with Gasteiger partial charge in [0.25, 0.3) is 0 Å². The molecule has 1 rings (SSSR count). The van der Waals surface area contributed by atoms with E-state index >= 15 is 0 Å². The van der Waals surface area contributed by atoms with E-state index in [1.807, 2.05) is 0 Å². The SMILES string of the molecule is FC(F)(F)CNC1(CCl)CC1. The standard InChI is InChI=1S/C6H9ClF3N/c7-3-5(1-2-5)11-4-6(8,9)10/h11H,1-4H2. The van der Waals surface area contributed by atoms with E-state index < -0.39 is 18.3 Å². The number of hydrogen-bond donors (Lipinski definition) is 1. The summed E-state index contributed by atoms with van der Waals surface area (Å²) in [5, 5.41) is 2.40. The molecule has 1 fully saturated rings. The summed E-state index contributed by atoms with van der Waals surface area (Å²) in [5.74, 6) is 0.267. The summed E-state index contributed by atoms with van der Waals surface area (Å²) < 4.78 is 34.9. The first kappa shape index (κ1) is 9.13. The molecular formula is C6H9ClF3N. The number of halogens is 4. The van der Waals surface area contributed by atoms with Crippen LogP contribution in [0.3, 0.4) is 0 Å². The lowest BCUT2D eigenvalue weighted by Crippen LogP contribution is -2.39. The van der Waals surface area contributed by atoms with Gasteiger partial charge in [-0.05, 0) is 12.8 Å². The third-order valence-electron chi connectivity index (χ3n) is 1.77. The molecule has 0 saturated heterocycles. The molecule has 11 heavy (non-hydrogen) atoms. The van der Waals surface area contributed by atoms with Crippen LogP contribution in [0.2, 0.25) is 0 Å². The Kier molecular flexibility index (Phi) is 2.35. The minimum absolute atomic E-state index is 0.267. The van der Waals surface area contributed by atoms with E-state index in [-0.39, 0.29) is 5.88 Å². The molecule has 0 spiro atoms. The highest BCUT2D eigenvalue weighted by atomic mass is 35.5. The van der Waals surface area contributed by atoms with Gasteiger partial charge >= 0.3 is 6.18 Å². The number of alkyl halides is 4. The van der Waals surface area contributed by atoms with E-state index in [4.69, 9.17) is 11.6 Å². The number of hydrogen-bond acceptors (Lipinski definition) is 1. The topological polar surface area (TPSA) is 12.0 Å². The summed E-state index contributed by atoms with van der Waals surface area (Å²) in [4.78, 5) is 0. The van der Waals surface area contributed by atoms with Gasteiger partial charge in [-0.2, -0.15) is 13.2 Å². The van der Waals surface area contributed by atoms with E-state index in [9.17, 15) is 13.2 Å². The molecule has 0 amide bonds. The fourth-order valence-corrected chi connectivity index (χ4v) is 1.16. The van der Waals surface area contributed by atoms with Gasteiger partial charge in [-0.15, -0.1) is 11.6 Å². The normalized spacial score (nSPS) is 21.8. The predicted octanol–water partition coefficient (Wildman–Crippen LogP) is 1.91. The molecule has 0 aromatic rings. The largest absolute Gasteiger partial charge is 0.401 e. The van der Waals surface area contributed by atoms with Crippen LogP contribution in [0.5, 0.6) is 0 Å². The quantitative estimate of drug-likeness (QED) is 0.666. The van der Waals surface area contributed by atoms with E-state index in [0.29, 0.717) is 0 Å². The molecule has 0 unspecified atom stereocenters. The van der Waals surface area contributed by atoms with E-state index in [1.165, 1.54) is 0 Å². The molecule has 66 valence electrons. The molecule has 0 atom stereocenters. The molecule has 0 aromatic carbocycles. The fourth-order valence-electron chi connectivity index (χ4n) is 0.796. The lowest BCUT2D eigenvalue weighted by molar-refractivity contribution is -0.126. The van der Waals surface area contributed by atoms with Gasteiger partial charge in [-0.1, -0.05) is 0 Å². The lowest BCUT2D eigenvalue weighted by atomic mass is 10.3. The average Bonchev–Trinajstić information content (AvgIpc) is 2.63. The number of rotatable bonds is 3. The molecule has 1 aliphatic rings. The van der Waals surface area contributed by atoms with Crippen LogP contribution in [-0.2, 0) is 0 Å². The molecule has 0 bridgehead atoms. The smallest absolute Gasteiger partial charge is 0.302 e. The molecule has 0 radical (unpaired) electrons. The van der Waals surface area contributed by atoms with Crippen molar-refractivity contribution in [2.75, 3.05) is 12.4 Å². The van der Waals surface area contributed by atoms with Gasteiger partial charge in [0, 0.05) is 11.4 Å². The van der Waals surface area contributed by atoms with Crippen molar-refractivity contribution in [2.45, 2.75) is 24.6 Å². The fraction of sp³-hybridized carbons (Fsp3) is 1.00. The van der Waals surface area contributed by atoms with Crippen molar-refractivity contribution >= 4 is 11.6 Å². The second-order valence-corrected chi connectivity index (χ2v) is 3.15. The molecule has 0 aromatic heterocycles. The molecule has 1 saturated carbocycles. The van der Waals surface area contributed by atoms with Gasteiger partial charge in [0.1, 0.15) is 0 Å². The summed E-state index contributed by atoms with van der Waals surface area (Å²) in [6.07, 6.45) is -2.61. The Morgan fingerprint density at radius 2 is 1.91 bits per heavy atom. The monoisotopic (exact) mass is 187 g/mol. The molecule has 1 aliphatic carbocycles. The minimum atomic E-state index is -4.12. The Balaban J connectivity index is 2.22. The molecule has 1 N–H and O–H groups in total. The highest BCUT2D eigenvalue weighted by Gasteiger charge is 2.43. The minimum Gasteiger partial charge on any atom is -0.302 e. The van der Waals surface area contributed by atoms with Crippen molar-refractivity contribution in [2.24, 2.45) is 0 Å². The number of nitrogens with one attached hydrogen (secondary N) is 1. The maximum absolute atomic E-state index is 11.6. The van der Waals surface area contributed by atoms with Crippen molar-refractivity contribution in [3.05, 3.63) is 0 Å². The Labute approximate surface area is 67.9 Å². The van der Waals surface area contributed by atoms with Gasteiger partial charge in [-0.3, -0.25) is 0 Å². The van der Waals surface area contributed by atoms with Crippen LogP contribution < -0.4 is 5.32 Å². The van der Waals surface area contributed by atoms with Gasteiger partial charge in [0.05, 0.1) is 6.54 Å². The van der Waals surface area contributed by atoms with Gasteiger partial charge in [-0.25, -0.2) is 0 Å². The first-order chi connectivity index (χ1) is 4.97. The molecule has 1 nitrogen and oxygen atoms in total. The van der Waals surface area contributed by atoms with Crippen molar-refractivity contribution < 1.29 is 13.2 Å². The molecule has 0 aliphatic heterocycles. The van der Waals surface area contributed by atoms with Gasteiger partial charge in [0.15, 0.2) is 0 Å². The Bertz CT molecular complexity index is 141. The van der Waals surface area contributed by atoms with Crippen LogP contribution in [0.25, 0.3) is 0 Å².